The van der Waals surface area contributed by atoms with Crippen LogP contribution in [0.3, 0.4) is 0 Å². The van der Waals surface area contributed by atoms with Crippen molar-refractivity contribution in [2.24, 2.45) is 5.73 Å². The molecule has 0 radical (unpaired) electrons. The van der Waals surface area contributed by atoms with Gasteiger partial charge in [-0.05, 0) is 36.2 Å². The molecule has 3 nitrogen and oxygen atoms in total. The molecular formula is C14H16FN3. The molecule has 94 valence electrons. The first-order valence-corrected chi connectivity index (χ1v) is 5.77. The van der Waals surface area contributed by atoms with Crippen molar-refractivity contribution in [2.75, 3.05) is 11.9 Å². The third kappa shape index (κ3) is 2.33. The first kappa shape index (κ1) is 12.5. The van der Waals surface area contributed by atoms with E-state index in [0.29, 0.717) is 12.2 Å². The van der Waals surface area contributed by atoms with Gasteiger partial charge in [-0.1, -0.05) is 12.1 Å². The molecule has 18 heavy (non-hydrogen) atoms. The summed E-state index contributed by atoms with van der Waals surface area (Å²) in [5, 5.41) is 0. The van der Waals surface area contributed by atoms with E-state index >= 15 is 0 Å². The van der Waals surface area contributed by atoms with Gasteiger partial charge in [0.05, 0.1) is 5.69 Å². The smallest absolute Gasteiger partial charge is 0.146 e. The van der Waals surface area contributed by atoms with E-state index in [1.807, 2.05) is 13.0 Å². The van der Waals surface area contributed by atoms with Crippen molar-refractivity contribution in [3.8, 4) is 0 Å². The SMILES string of the molecule is Cc1cc(CN)cnc1N(C)c1ccccc1F. The Kier molecular flexibility index (Phi) is 3.58. The fourth-order valence-electron chi connectivity index (χ4n) is 1.93. The lowest BCUT2D eigenvalue weighted by Gasteiger charge is -2.21. The maximum atomic E-state index is 13.7. The Morgan fingerprint density at radius 3 is 2.67 bits per heavy atom. The highest BCUT2D eigenvalue weighted by Gasteiger charge is 2.12. The van der Waals surface area contributed by atoms with Crippen LogP contribution in [-0.4, -0.2) is 12.0 Å². The van der Waals surface area contributed by atoms with Gasteiger partial charge < -0.3 is 10.6 Å². The number of hydrogen-bond donors (Lipinski definition) is 1. The fourth-order valence-corrected chi connectivity index (χ4v) is 1.93. The predicted molar refractivity (Wildman–Crippen MR) is 71.3 cm³/mol. The molecule has 2 aromatic rings. The van der Waals surface area contributed by atoms with Crippen molar-refractivity contribution >= 4 is 11.5 Å². The number of benzene rings is 1. The van der Waals surface area contributed by atoms with Crippen molar-refractivity contribution in [3.05, 3.63) is 53.5 Å². The minimum absolute atomic E-state index is 0.260. The second-order valence-electron chi connectivity index (χ2n) is 4.20. The van der Waals surface area contributed by atoms with Crippen LogP contribution < -0.4 is 10.6 Å². The van der Waals surface area contributed by atoms with Crippen LogP contribution in [-0.2, 0) is 6.54 Å². The van der Waals surface area contributed by atoms with Gasteiger partial charge in [-0.25, -0.2) is 9.37 Å². The Bertz CT molecular complexity index is 554. The number of pyridine rings is 1. The van der Waals surface area contributed by atoms with Gasteiger partial charge in [-0.2, -0.15) is 0 Å². The van der Waals surface area contributed by atoms with Gasteiger partial charge in [0, 0.05) is 19.8 Å². The molecule has 0 aliphatic carbocycles. The largest absolute Gasteiger partial charge is 0.327 e. The molecule has 1 aromatic carbocycles. The van der Waals surface area contributed by atoms with E-state index in [9.17, 15) is 4.39 Å². The minimum atomic E-state index is -0.260. The number of para-hydroxylation sites is 1. The van der Waals surface area contributed by atoms with Crippen LogP contribution in [0, 0.1) is 12.7 Å². The highest BCUT2D eigenvalue weighted by atomic mass is 19.1. The number of anilines is 2. The molecule has 0 bridgehead atoms. The Morgan fingerprint density at radius 2 is 2.06 bits per heavy atom. The van der Waals surface area contributed by atoms with E-state index in [-0.39, 0.29) is 5.82 Å². The third-order valence-corrected chi connectivity index (χ3v) is 2.87. The molecule has 2 rings (SSSR count). The summed E-state index contributed by atoms with van der Waals surface area (Å²) in [6, 6.07) is 8.62. The molecule has 0 unspecified atom stereocenters. The van der Waals surface area contributed by atoms with Crippen LogP contribution in [0.25, 0.3) is 0 Å². The van der Waals surface area contributed by atoms with Crippen LogP contribution in [0.1, 0.15) is 11.1 Å². The highest BCUT2D eigenvalue weighted by Crippen LogP contribution is 2.26. The van der Waals surface area contributed by atoms with Crippen molar-refractivity contribution in [3.63, 3.8) is 0 Å². The molecule has 0 fully saturated rings. The standard InChI is InChI=1S/C14H16FN3/c1-10-7-11(8-16)9-17-14(10)18(2)13-6-4-3-5-12(13)15/h3-7,9H,8,16H2,1-2H3. The molecule has 0 saturated carbocycles. The Morgan fingerprint density at radius 1 is 1.33 bits per heavy atom. The van der Waals surface area contributed by atoms with Crippen molar-refractivity contribution in [1.82, 2.24) is 4.98 Å². The molecule has 2 N–H and O–H groups in total. The summed E-state index contributed by atoms with van der Waals surface area (Å²) >= 11 is 0. The van der Waals surface area contributed by atoms with Crippen LogP contribution in [0.5, 0.6) is 0 Å². The summed E-state index contributed by atoms with van der Waals surface area (Å²) < 4.78 is 13.7. The average Bonchev–Trinajstić information content (AvgIpc) is 2.38. The lowest BCUT2D eigenvalue weighted by molar-refractivity contribution is 0.627. The zero-order valence-electron chi connectivity index (χ0n) is 10.5. The summed E-state index contributed by atoms with van der Waals surface area (Å²) in [5.74, 6) is 0.474. The second-order valence-corrected chi connectivity index (χ2v) is 4.20. The molecule has 1 aromatic heterocycles. The van der Waals surface area contributed by atoms with E-state index in [1.54, 1.807) is 36.3 Å². The number of rotatable bonds is 3. The van der Waals surface area contributed by atoms with Crippen molar-refractivity contribution in [2.45, 2.75) is 13.5 Å². The van der Waals surface area contributed by atoms with Gasteiger partial charge in [0.1, 0.15) is 11.6 Å². The van der Waals surface area contributed by atoms with E-state index in [2.05, 4.69) is 4.98 Å². The zero-order chi connectivity index (χ0) is 13.1. The van der Waals surface area contributed by atoms with Gasteiger partial charge in [0.2, 0.25) is 0 Å². The topological polar surface area (TPSA) is 42.1 Å². The average molecular weight is 245 g/mol. The highest BCUT2D eigenvalue weighted by molar-refractivity contribution is 5.62. The lowest BCUT2D eigenvalue weighted by atomic mass is 10.2. The van der Waals surface area contributed by atoms with Crippen LogP contribution in [0.4, 0.5) is 15.9 Å². The normalized spacial score (nSPS) is 10.4. The zero-order valence-corrected chi connectivity index (χ0v) is 10.5. The molecule has 0 amide bonds. The molecule has 0 aliphatic heterocycles. The Labute approximate surface area is 106 Å². The summed E-state index contributed by atoms with van der Waals surface area (Å²) in [7, 11) is 1.80. The van der Waals surface area contributed by atoms with E-state index < -0.39 is 0 Å². The maximum Gasteiger partial charge on any atom is 0.146 e. The number of aryl methyl sites for hydroxylation is 1. The van der Waals surface area contributed by atoms with Gasteiger partial charge in [-0.3, -0.25) is 0 Å². The van der Waals surface area contributed by atoms with Crippen LogP contribution in [0.15, 0.2) is 36.5 Å². The molecule has 4 heteroatoms. The monoisotopic (exact) mass is 245 g/mol. The van der Waals surface area contributed by atoms with Crippen LogP contribution >= 0.6 is 0 Å². The Balaban J connectivity index is 2.40. The quantitative estimate of drug-likeness (QED) is 0.904. The van der Waals surface area contributed by atoms with Crippen molar-refractivity contribution in [1.29, 1.82) is 0 Å². The summed E-state index contributed by atoms with van der Waals surface area (Å²) in [6.45, 7) is 2.40. The molecule has 0 spiro atoms. The maximum absolute atomic E-state index is 13.7. The number of hydrogen-bond acceptors (Lipinski definition) is 3. The van der Waals surface area contributed by atoms with E-state index in [4.69, 9.17) is 5.73 Å². The number of aromatic nitrogens is 1. The minimum Gasteiger partial charge on any atom is -0.327 e. The molecular weight excluding hydrogens is 229 g/mol. The molecule has 0 aliphatic rings. The van der Waals surface area contributed by atoms with E-state index in [0.717, 1.165) is 16.9 Å². The lowest BCUT2D eigenvalue weighted by Crippen LogP contribution is -2.14. The second kappa shape index (κ2) is 5.14. The van der Waals surface area contributed by atoms with Gasteiger partial charge in [0.15, 0.2) is 0 Å². The van der Waals surface area contributed by atoms with Crippen molar-refractivity contribution < 1.29 is 4.39 Å². The summed E-state index contributed by atoms with van der Waals surface area (Å²) in [4.78, 5) is 6.09. The number of nitrogens with zero attached hydrogens (tertiary/aromatic N) is 2. The fraction of sp³-hybridized carbons (Fsp3) is 0.214. The molecule has 1 heterocycles. The Hall–Kier alpha value is -1.94. The first-order valence-electron chi connectivity index (χ1n) is 5.77. The van der Waals surface area contributed by atoms with Crippen LogP contribution in [0.2, 0.25) is 0 Å². The van der Waals surface area contributed by atoms with E-state index in [1.165, 1.54) is 6.07 Å². The third-order valence-electron chi connectivity index (χ3n) is 2.87. The summed E-state index contributed by atoms with van der Waals surface area (Å²) in [6.07, 6.45) is 1.72. The first-order chi connectivity index (χ1) is 8.63. The number of nitrogens with two attached hydrogens (primary N) is 1. The molecule has 0 saturated heterocycles. The van der Waals surface area contributed by atoms with Gasteiger partial charge in [-0.15, -0.1) is 0 Å². The predicted octanol–water partition coefficient (Wildman–Crippen LogP) is 2.76. The molecule has 0 atom stereocenters. The van der Waals surface area contributed by atoms with Gasteiger partial charge >= 0.3 is 0 Å². The summed E-state index contributed by atoms with van der Waals surface area (Å²) in [5.41, 5.74) is 8.02. The van der Waals surface area contributed by atoms with Gasteiger partial charge in [0.25, 0.3) is 0 Å². The number of halogens is 1.